The molecule has 1 saturated carbocycles. The molecule has 1 aromatic rings. The fraction of sp³-hybridized carbons (Fsp3) is 0.571. The van der Waals surface area contributed by atoms with E-state index in [4.69, 9.17) is 4.84 Å². The number of nitrogens with one attached hydrogen (secondary N) is 1. The SMILES string of the molecule is c1ccc2c(c1)CCC2NOC1CCCC1. The van der Waals surface area contributed by atoms with Crippen LogP contribution in [-0.2, 0) is 11.3 Å². The first-order valence-electron chi connectivity index (χ1n) is 6.42. The topological polar surface area (TPSA) is 21.3 Å². The van der Waals surface area contributed by atoms with Crippen molar-refractivity contribution in [3.05, 3.63) is 35.4 Å². The van der Waals surface area contributed by atoms with Crippen LogP contribution < -0.4 is 5.48 Å². The van der Waals surface area contributed by atoms with E-state index in [2.05, 4.69) is 29.7 Å². The molecule has 0 heterocycles. The minimum absolute atomic E-state index is 0.414. The van der Waals surface area contributed by atoms with Gasteiger partial charge in [0.1, 0.15) is 0 Å². The second-order valence-electron chi connectivity index (χ2n) is 4.93. The Labute approximate surface area is 97.0 Å². The van der Waals surface area contributed by atoms with Gasteiger partial charge in [-0.25, -0.2) is 0 Å². The van der Waals surface area contributed by atoms with E-state index in [0.29, 0.717) is 12.1 Å². The number of rotatable bonds is 3. The highest BCUT2D eigenvalue weighted by atomic mass is 16.7. The Hall–Kier alpha value is -0.860. The van der Waals surface area contributed by atoms with Crippen molar-refractivity contribution in [3.63, 3.8) is 0 Å². The van der Waals surface area contributed by atoms with Gasteiger partial charge in [-0.05, 0) is 36.8 Å². The molecular formula is C14H19NO. The zero-order chi connectivity index (χ0) is 10.8. The van der Waals surface area contributed by atoms with Gasteiger partial charge >= 0.3 is 0 Å². The van der Waals surface area contributed by atoms with Gasteiger partial charge in [0.05, 0.1) is 12.1 Å². The lowest BCUT2D eigenvalue weighted by Crippen LogP contribution is -2.25. The Kier molecular flexibility index (Phi) is 2.94. The third-order valence-corrected chi connectivity index (χ3v) is 3.81. The van der Waals surface area contributed by atoms with Crippen LogP contribution in [0.5, 0.6) is 0 Å². The average Bonchev–Trinajstić information content (AvgIpc) is 2.96. The Balaban J connectivity index is 1.60. The van der Waals surface area contributed by atoms with Crippen LogP contribution in [0.1, 0.15) is 49.3 Å². The van der Waals surface area contributed by atoms with Crippen LogP contribution in [0.3, 0.4) is 0 Å². The summed E-state index contributed by atoms with van der Waals surface area (Å²) >= 11 is 0. The quantitative estimate of drug-likeness (QED) is 0.785. The van der Waals surface area contributed by atoms with E-state index >= 15 is 0 Å². The van der Waals surface area contributed by atoms with Crippen molar-refractivity contribution in [2.45, 2.75) is 50.7 Å². The van der Waals surface area contributed by atoms with E-state index in [9.17, 15) is 0 Å². The highest BCUT2D eigenvalue weighted by Gasteiger charge is 2.23. The van der Waals surface area contributed by atoms with Crippen molar-refractivity contribution in [2.75, 3.05) is 0 Å². The minimum Gasteiger partial charge on any atom is -0.298 e. The molecule has 0 radical (unpaired) electrons. The maximum absolute atomic E-state index is 5.79. The number of benzene rings is 1. The first kappa shape index (κ1) is 10.3. The molecule has 0 bridgehead atoms. The van der Waals surface area contributed by atoms with E-state index in [1.54, 1.807) is 0 Å². The summed E-state index contributed by atoms with van der Waals surface area (Å²) in [5.74, 6) is 0. The monoisotopic (exact) mass is 217 g/mol. The second kappa shape index (κ2) is 4.56. The lowest BCUT2D eigenvalue weighted by Gasteiger charge is -2.17. The van der Waals surface area contributed by atoms with Gasteiger partial charge in [0, 0.05) is 0 Å². The number of hydroxylamine groups is 1. The molecule has 1 unspecified atom stereocenters. The van der Waals surface area contributed by atoms with Crippen LogP contribution in [-0.4, -0.2) is 6.10 Å². The maximum atomic E-state index is 5.79. The number of hydrogen-bond acceptors (Lipinski definition) is 2. The molecule has 0 spiro atoms. The van der Waals surface area contributed by atoms with Gasteiger partial charge < -0.3 is 0 Å². The molecule has 1 aromatic carbocycles. The van der Waals surface area contributed by atoms with Gasteiger partial charge in [-0.1, -0.05) is 37.1 Å². The average molecular weight is 217 g/mol. The lowest BCUT2D eigenvalue weighted by atomic mass is 10.1. The smallest absolute Gasteiger partial charge is 0.0790 e. The molecule has 2 aliphatic rings. The number of aryl methyl sites for hydroxylation is 1. The van der Waals surface area contributed by atoms with Gasteiger partial charge in [-0.2, -0.15) is 5.48 Å². The third-order valence-electron chi connectivity index (χ3n) is 3.81. The molecule has 86 valence electrons. The molecule has 0 aromatic heterocycles. The molecule has 1 atom stereocenters. The zero-order valence-electron chi connectivity index (χ0n) is 9.61. The van der Waals surface area contributed by atoms with Crippen LogP contribution in [0, 0.1) is 0 Å². The molecule has 16 heavy (non-hydrogen) atoms. The normalized spacial score (nSPS) is 24.9. The molecule has 0 saturated heterocycles. The highest BCUT2D eigenvalue weighted by molar-refractivity contribution is 5.33. The number of fused-ring (bicyclic) bond motifs is 1. The molecule has 0 aliphatic heterocycles. The fourth-order valence-corrected chi connectivity index (χ4v) is 2.86. The van der Waals surface area contributed by atoms with Crippen LogP contribution >= 0.6 is 0 Å². The predicted molar refractivity (Wildman–Crippen MR) is 64.0 cm³/mol. The Morgan fingerprint density at radius 1 is 1.06 bits per heavy atom. The molecule has 0 amide bonds. The van der Waals surface area contributed by atoms with Gasteiger partial charge in [0.15, 0.2) is 0 Å². The summed E-state index contributed by atoms with van der Waals surface area (Å²) in [4.78, 5) is 5.79. The third kappa shape index (κ3) is 2.00. The summed E-state index contributed by atoms with van der Waals surface area (Å²) < 4.78 is 0. The Bertz CT molecular complexity index is 358. The molecule has 1 N–H and O–H groups in total. The van der Waals surface area contributed by atoms with Crippen molar-refractivity contribution < 1.29 is 4.84 Å². The molecule has 3 rings (SSSR count). The fourth-order valence-electron chi connectivity index (χ4n) is 2.86. The Morgan fingerprint density at radius 3 is 2.75 bits per heavy atom. The largest absolute Gasteiger partial charge is 0.298 e. The van der Waals surface area contributed by atoms with Crippen molar-refractivity contribution in [1.29, 1.82) is 0 Å². The van der Waals surface area contributed by atoms with Crippen LogP contribution in [0.25, 0.3) is 0 Å². The van der Waals surface area contributed by atoms with Gasteiger partial charge in [0.25, 0.3) is 0 Å². The first-order chi connectivity index (χ1) is 7.93. The van der Waals surface area contributed by atoms with Crippen molar-refractivity contribution >= 4 is 0 Å². The predicted octanol–water partition coefficient (Wildman–Crippen LogP) is 3.14. The summed E-state index contributed by atoms with van der Waals surface area (Å²) in [6.45, 7) is 0. The lowest BCUT2D eigenvalue weighted by molar-refractivity contribution is -0.0405. The van der Waals surface area contributed by atoms with E-state index in [-0.39, 0.29) is 0 Å². The summed E-state index contributed by atoms with van der Waals surface area (Å²) in [7, 11) is 0. The van der Waals surface area contributed by atoms with E-state index in [0.717, 1.165) is 0 Å². The van der Waals surface area contributed by atoms with Gasteiger partial charge in [0.2, 0.25) is 0 Å². The van der Waals surface area contributed by atoms with Crippen molar-refractivity contribution in [1.82, 2.24) is 5.48 Å². The molecular weight excluding hydrogens is 198 g/mol. The summed E-state index contributed by atoms with van der Waals surface area (Å²) in [5.41, 5.74) is 6.19. The first-order valence-corrected chi connectivity index (χ1v) is 6.42. The van der Waals surface area contributed by atoms with Gasteiger partial charge in [-0.15, -0.1) is 0 Å². The maximum Gasteiger partial charge on any atom is 0.0790 e. The van der Waals surface area contributed by atoms with E-state index in [1.807, 2.05) is 0 Å². The number of hydrogen-bond donors (Lipinski definition) is 1. The summed E-state index contributed by atoms with van der Waals surface area (Å²) in [5, 5.41) is 0. The van der Waals surface area contributed by atoms with Crippen molar-refractivity contribution in [2.24, 2.45) is 0 Å². The Morgan fingerprint density at radius 2 is 1.88 bits per heavy atom. The summed E-state index contributed by atoms with van der Waals surface area (Å²) in [6.07, 6.45) is 7.91. The zero-order valence-corrected chi connectivity index (χ0v) is 9.61. The van der Waals surface area contributed by atoms with E-state index < -0.39 is 0 Å². The van der Waals surface area contributed by atoms with Crippen LogP contribution in [0.15, 0.2) is 24.3 Å². The second-order valence-corrected chi connectivity index (χ2v) is 4.93. The molecule has 2 aliphatic carbocycles. The summed E-state index contributed by atoms with van der Waals surface area (Å²) in [6, 6.07) is 9.11. The van der Waals surface area contributed by atoms with Gasteiger partial charge in [-0.3, -0.25) is 4.84 Å². The highest BCUT2D eigenvalue weighted by Crippen LogP contribution is 2.31. The van der Waals surface area contributed by atoms with E-state index in [1.165, 1.54) is 49.7 Å². The molecule has 2 nitrogen and oxygen atoms in total. The molecule has 1 fully saturated rings. The molecule has 2 heteroatoms. The minimum atomic E-state index is 0.414. The van der Waals surface area contributed by atoms with Crippen LogP contribution in [0.4, 0.5) is 0 Å². The van der Waals surface area contributed by atoms with Crippen molar-refractivity contribution in [3.8, 4) is 0 Å². The van der Waals surface area contributed by atoms with Crippen LogP contribution in [0.2, 0.25) is 0 Å². The standard InChI is InChI=1S/C14H19NO/c1-4-8-13-11(5-1)9-10-14(13)15-16-12-6-2-3-7-12/h1,4-5,8,12,14-15H,2-3,6-7,9-10H2.